The SMILES string of the molecule is Cl.Cl.Clc1cccc(Cl)c1CN1CCNCC1. The van der Waals surface area contributed by atoms with Crippen molar-refractivity contribution in [3.05, 3.63) is 33.8 Å². The predicted octanol–water partition coefficient (Wildman–Crippen LogP) is 3.24. The zero-order chi connectivity index (χ0) is 10.7. The van der Waals surface area contributed by atoms with E-state index in [1.54, 1.807) is 0 Å². The largest absolute Gasteiger partial charge is 0.314 e. The normalized spacial score (nSPS) is 15.9. The van der Waals surface area contributed by atoms with Crippen molar-refractivity contribution >= 4 is 48.0 Å². The summed E-state index contributed by atoms with van der Waals surface area (Å²) in [5.74, 6) is 0. The summed E-state index contributed by atoms with van der Waals surface area (Å²) in [6.07, 6.45) is 0. The Morgan fingerprint density at radius 2 is 1.59 bits per heavy atom. The lowest BCUT2D eigenvalue weighted by molar-refractivity contribution is 0.233. The van der Waals surface area contributed by atoms with E-state index in [-0.39, 0.29) is 24.8 Å². The molecule has 1 aromatic carbocycles. The van der Waals surface area contributed by atoms with Crippen molar-refractivity contribution in [3.63, 3.8) is 0 Å². The highest BCUT2D eigenvalue weighted by Crippen LogP contribution is 2.25. The van der Waals surface area contributed by atoms with Crippen LogP contribution in [0.15, 0.2) is 18.2 Å². The summed E-state index contributed by atoms with van der Waals surface area (Å²) in [6.45, 7) is 5.05. The summed E-state index contributed by atoms with van der Waals surface area (Å²) in [5.41, 5.74) is 1.04. The number of rotatable bonds is 2. The number of piperazine rings is 1. The molecule has 17 heavy (non-hydrogen) atoms. The Labute approximate surface area is 124 Å². The minimum absolute atomic E-state index is 0. The molecule has 0 saturated carbocycles. The van der Waals surface area contributed by atoms with Gasteiger partial charge in [-0.05, 0) is 12.1 Å². The van der Waals surface area contributed by atoms with Gasteiger partial charge in [0.2, 0.25) is 0 Å². The van der Waals surface area contributed by atoms with Crippen molar-refractivity contribution in [2.45, 2.75) is 6.54 Å². The molecule has 0 spiro atoms. The van der Waals surface area contributed by atoms with Gasteiger partial charge in [-0.3, -0.25) is 4.90 Å². The number of nitrogens with zero attached hydrogens (tertiary/aromatic N) is 1. The quantitative estimate of drug-likeness (QED) is 0.901. The molecule has 1 aliphatic rings. The molecule has 6 heteroatoms. The summed E-state index contributed by atoms with van der Waals surface area (Å²) in [5, 5.41) is 4.85. The van der Waals surface area contributed by atoms with Crippen molar-refractivity contribution in [1.29, 1.82) is 0 Å². The van der Waals surface area contributed by atoms with Crippen LogP contribution in [0.1, 0.15) is 5.56 Å². The van der Waals surface area contributed by atoms with Gasteiger partial charge in [0.05, 0.1) is 0 Å². The summed E-state index contributed by atoms with van der Waals surface area (Å²) >= 11 is 12.2. The van der Waals surface area contributed by atoms with Crippen LogP contribution in [-0.2, 0) is 6.54 Å². The van der Waals surface area contributed by atoms with Crippen LogP contribution in [0.4, 0.5) is 0 Å². The fourth-order valence-corrected chi connectivity index (χ4v) is 2.29. The van der Waals surface area contributed by atoms with Crippen LogP contribution in [0.2, 0.25) is 10.0 Å². The molecule has 1 fully saturated rings. The molecule has 1 heterocycles. The fraction of sp³-hybridized carbons (Fsp3) is 0.455. The van der Waals surface area contributed by atoms with Crippen LogP contribution >= 0.6 is 48.0 Å². The molecule has 0 unspecified atom stereocenters. The van der Waals surface area contributed by atoms with Gasteiger partial charge in [0.25, 0.3) is 0 Å². The number of hydrogen-bond acceptors (Lipinski definition) is 2. The third-order valence-corrected chi connectivity index (χ3v) is 3.36. The lowest BCUT2D eigenvalue weighted by Crippen LogP contribution is -2.42. The second kappa shape index (κ2) is 8.41. The third kappa shape index (κ3) is 4.82. The lowest BCUT2D eigenvalue weighted by atomic mass is 10.2. The van der Waals surface area contributed by atoms with E-state index in [1.165, 1.54) is 0 Å². The first kappa shape index (κ1) is 17.3. The fourth-order valence-electron chi connectivity index (χ4n) is 1.78. The Morgan fingerprint density at radius 1 is 1.06 bits per heavy atom. The molecule has 1 aliphatic heterocycles. The molecule has 0 aromatic heterocycles. The standard InChI is InChI=1S/C11H14Cl2N2.2ClH/c12-10-2-1-3-11(13)9(10)8-15-6-4-14-5-7-15;;/h1-3,14H,4-8H2;2*1H. The second-order valence-electron chi connectivity index (χ2n) is 3.73. The van der Waals surface area contributed by atoms with Crippen molar-refractivity contribution in [3.8, 4) is 0 Å². The maximum atomic E-state index is 6.12. The summed E-state index contributed by atoms with van der Waals surface area (Å²) in [4.78, 5) is 2.36. The molecule has 0 radical (unpaired) electrons. The molecular weight excluding hydrogens is 302 g/mol. The molecule has 1 saturated heterocycles. The van der Waals surface area contributed by atoms with Gasteiger partial charge >= 0.3 is 0 Å². The van der Waals surface area contributed by atoms with E-state index in [0.29, 0.717) is 0 Å². The number of benzene rings is 1. The first-order chi connectivity index (χ1) is 7.27. The van der Waals surface area contributed by atoms with Gasteiger partial charge in [0.15, 0.2) is 0 Å². The topological polar surface area (TPSA) is 15.3 Å². The Morgan fingerprint density at radius 3 is 2.12 bits per heavy atom. The van der Waals surface area contributed by atoms with Crippen LogP contribution in [0, 0.1) is 0 Å². The molecule has 1 aromatic rings. The molecule has 2 nitrogen and oxygen atoms in total. The van der Waals surface area contributed by atoms with Crippen molar-refractivity contribution < 1.29 is 0 Å². The van der Waals surface area contributed by atoms with Crippen molar-refractivity contribution in [1.82, 2.24) is 10.2 Å². The molecule has 0 amide bonds. The van der Waals surface area contributed by atoms with Crippen LogP contribution in [0.5, 0.6) is 0 Å². The highest BCUT2D eigenvalue weighted by Gasteiger charge is 2.13. The van der Waals surface area contributed by atoms with Gasteiger partial charge < -0.3 is 5.32 Å². The Kier molecular flexibility index (Phi) is 8.56. The molecule has 1 N–H and O–H groups in total. The Balaban J connectivity index is 0.00000128. The van der Waals surface area contributed by atoms with Crippen LogP contribution < -0.4 is 5.32 Å². The van der Waals surface area contributed by atoms with Gasteiger partial charge in [0.1, 0.15) is 0 Å². The molecule has 0 atom stereocenters. The first-order valence-electron chi connectivity index (χ1n) is 5.13. The van der Waals surface area contributed by atoms with Gasteiger partial charge in [-0.1, -0.05) is 29.3 Å². The average molecular weight is 318 g/mol. The van der Waals surface area contributed by atoms with Crippen LogP contribution in [0.25, 0.3) is 0 Å². The summed E-state index contributed by atoms with van der Waals surface area (Å²) < 4.78 is 0. The van der Waals surface area contributed by atoms with Crippen molar-refractivity contribution in [2.75, 3.05) is 26.2 Å². The predicted molar refractivity (Wildman–Crippen MR) is 79.1 cm³/mol. The number of nitrogens with one attached hydrogen (secondary N) is 1. The lowest BCUT2D eigenvalue weighted by Gasteiger charge is -2.27. The number of halogens is 4. The summed E-state index contributed by atoms with van der Waals surface area (Å²) in [7, 11) is 0. The van der Waals surface area contributed by atoms with E-state index < -0.39 is 0 Å². The van der Waals surface area contributed by atoms with E-state index in [4.69, 9.17) is 23.2 Å². The molecule has 2 rings (SSSR count). The molecule has 98 valence electrons. The smallest absolute Gasteiger partial charge is 0.0465 e. The first-order valence-corrected chi connectivity index (χ1v) is 5.89. The highest BCUT2D eigenvalue weighted by atomic mass is 35.5. The molecule has 0 bridgehead atoms. The second-order valence-corrected chi connectivity index (χ2v) is 4.54. The van der Waals surface area contributed by atoms with Gasteiger partial charge in [0, 0.05) is 48.3 Å². The molecule has 0 aliphatic carbocycles. The minimum Gasteiger partial charge on any atom is -0.314 e. The monoisotopic (exact) mass is 316 g/mol. The van der Waals surface area contributed by atoms with E-state index in [1.807, 2.05) is 18.2 Å². The van der Waals surface area contributed by atoms with E-state index >= 15 is 0 Å². The van der Waals surface area contributed by atoms with E-state index in [0.717, 1.165) is 48.3 Å². The maximum Gasteiger partial charge on any atom is 0.0465 e. The Hall–Kier alpha value is 0.300. The summed E-state index contributed by atoms with van der Waals surface area (Å²) in [6, 6.07) is 5.67. The minimum atomic E-state index is 0. The van der Waals surface area contributed by atoms with Gasteiger partial charge in [-0.2, -0.15) is 0 Å². The molecular formula is C11H16Cl4N2. The van der Waals surface area contributed by atoms with E-state index in [2.05, 4.69) is 10.2 Å². The van der Waals surface area contributed by atoms with Gasteiger partial charge in [-0.25, -0.2) is 0 Å². The van der Waals surface area contributed by atoms with Crippen LogP contribution in [0.3, 0.4) is 0 Å². The third-order valence-electron chi connectivity index (χ3n) is 2.65. The zero-order valence-electron chi connectivity index (χ0n) is 9.29. The highest BCUT2D eigenvalue weighted by molar-refractivity contribution is 6.35. The number of hydrogen-bond donors (Lipinski definition) is 1. The van der Waals surface area contributed by atoms with E-state index in [9.17, 15) is 0 Å². The average Bonchev–Trinajstić information content (AvgIpc) is 2.25. The van der Waals surface area contributed by atoms with Gasteiger partial charge in [-0.15, -0.1) is 24.8 Å². The van der Waals surface area contributed by atoms with Crippen molar-refractivity contribution in [2.24, 2.45) is 0 Å². The Bertz CT molecular complexity index is 320. The van der Waals surface area contributed by atoms with Crippen LogP contribution in [-0.4, -0.2) is 31.1 Å². The maximum absolute atomic E-state index is 6.12. The zero-order valence-corrected chi connectivity index (χ0v) is 12.4.